The zero-order chi connectivity index (χ0) is 7.71. The number of hydrogen-bond acceptors (Lipinski definition) is 7. The molecule has 1 unspecified atom stereocenters. The molecule has 0 aliphatic carbocycles. The molecule has 0 aromatic rings. The largest absolute Gasteiger partial charge is 0.818 e. The first-order valence-electron chi connectivity index (χ1n) is 1.46. The summed E-state index contributed by atoms with van der Waals surface area (Å²) in [5, 5.41) is 0. The molecule has 0 aliphatic rings. The quantitative estimate of drug-likeness (QED) is 0.379. The summed E-state index contributed by atoms with van der Waals surface area (Å²) in [6.07, 6.45) is 0. The second kappa shape index (κ2) is 2.98. The van der Waals surface area contributed by atoms with Gasteiger partial charge in [-0.25, -0.2) is 0 Å². The van der Waals surface area contributed by atoms with E-state index in [9.17, 15) is 19.2 Å². The molecule has 0 N–H and O–H groups in total. The maximum atomic E-state index is 10.1. The minimum Gasteiger partial charge on any atom is -0.818 e. The minimum absolute atomic E-state index is 3.25. The van der Waals surface area contributed by atoms with Crippen LogP contribution in [-0.2, 0) is 32.9 Å². The predicted molar refractivity (Wildman–Crippen MR) is 30.3 cm³/mol. The zero-order valence-electron chi connectivity index (χ0n) is 3.75. The Labute approximate surface area is 61.6 Å². The Hall–Kier alpha value is 1.07. The first-order chi connectivity index (χ1) is 3.71. The third-order valence-electron chi connectivity index (χ3n) is 0.200. The average molecular weight is 206 g/mol. The summed E-state index contributed by atoms with van der Waals surface area (Å²) in [5.41, 5.74) is -4.01. The molecule has 9 heavy (non-hydrogen) atoms. The van der Waals surface area contributed by atoms with Gasteiger partial charge in [-0.05, 0) is 0 Å². The van der Waals surface area contributed by atoms with E-state index in [1.807, 2.05) is 0 Å². The monoisotopic (exact) mass is 206 g/mol. The van der Waals surface area contributed by atoms with E-state index in [0.29, 0.717) is 0 Å². The van der Waals surface area contributed by atoms with E-state index in [1.54, 1.807) is 0 Å². The fourth-order valence-electron chi connectivity index (χ4n) is 0.122. The second-order valence-corrected chi connectivity index (χ2v) is 7.00. The van der Waals surface area contributed by atoms with E-state index in [-0.39, 0.29) is 0 Å². The maximum Gasteiger partial charge on any atom is 0.0610 e. The van der Waals surface area contributed by atoms with Gasteiger partial charge in [0, 0.05) is 0 Å². The van der Waals surface area contributed by atoms with Gasteiger partial charge in [-0.3, -0.25) is 0 Å². The van der Waals surface area contributed by atoms with E-state index >= 15 is 0 Å². The molecule has 0 aliphatic heterocycles. The predicted octanol–water partition coefficient (Wildman–Crippen LogP) is -2.04. The standard InChI is InChI=1S/H4O5P2S2/c1-6(2,3)5-7(4,8)9/h(H2,1,2,3)(H2,4,8,9)/p-4. The highest BCUT2D eigenvalue weighted by Crippen LogP contribution is 2.47. The number of phosphoric acid groups is 1. The number of hydrogen-bond donors (Lipinski definition) is 0. The maximum absolute atomic E-state index is 10.1. The molecule has 5 nitrogen and oxygen atoms in total. The first kappa shape index (κ1) is 10.1. The molecule has 56 valence electrons. The molecular formula is O5P2S2-4. The van der Waals surface area contributed by atoms with Gasteiger partial charge >= 0.3 is 0 Å². The molecule has 0 rings (SSSR count). The Morgan fingerprint density at radius 1 is 1.44 bits per heavy atom. The van der Waals surface area contributed by atoms with Crippen molar-refractivity contribution in [3.05, 3.63) is 0 Å². The van der Waals surface area contributed by atoms with Gasteiger partial charge in [-0.1, -0.05) is 0 Å². The van der Waals surface area contributed by atoms with Crippen molar-refractivity contribution in [2.24, 2.45) is 0 Å². The Morgan fingerprint density at radius 3 is 1.78 bits per heavy atom. The van der Waals surface area contributed by atoms with Gasteiger partial charge < -0.3 is 35.8 Å². The summed E-state index contributed by atoms with van der Waals surface area (Å²) in [6.45, 7) is 0. The van der Waals surface area contributed by atoms with E-state index < -0.39 is 13.5 Å². The van der Waals surface area contributed by atoms with Crippen LogP contribution in [0.1, 0.15) is 0 Å². The van der Waals surface area contributed by atoms with E-state index in [4.69, 9.17) is 0 Å². The van der Waals surface area contributed by atoms with Gasteiger partial charge in [0.25, 0.3) is 0 Å². The summed E-state index contributed by atoms with van der Waals surface area (Å²) >= 11 is 7.62. The number of rotatable bonds is 2. The molecular weight excluding hydrogens is 206 g/mol. The van der Waals surface area contributed by atoms with E-state index in [2.05, 4.69) is 28.4 Å². The van der Waals surface area contributed by atoms with Crippen LogP contribution in [0.15, 0.2) is 0 Å². The summed E-state index contributed by atoms with van der Waals surface area (Å²) in [4.78, 5) is 29.2. The van der Waals surface area contributed by atoms with Crippen molar-refractivity contribution >= 4 is 37.6 Å². The molecule has 0 fully saturated rings. The van der Waals surface area contributed by atoms with Crippen LogP contribution in [0.25, 0.3) is 0 Å². The fraction of sp³-hybridized carbons (Fsp3) is 0. The second-order valence-electron chi connectivity index (χ2n) is 0.976. The Balaban J connectivity index is 4.07. The van der Waals surface area contributed by atoms with Gasteiger partial charge in [0.05, 0.1) is 7.82 Å². The lowest BCUT2D eigenvalue weighted by Crippen LogP contribution is -2.17. The van der Waals surface area contributed by atoms with Crippen LogP contribution < -0.4 is 14.7 Å². The molecule has 9 heteroatoms. The smallest absolute Gasteiger partial charge is 0.0610 e. The lowest BCUT2D eigenvalue weighted by atomic mass is 15.7. The highest BCUT2D eigenvalue weighted by Gasteiger charge is 1.87. The highest BCUT2D eigenvalue weighted by molar-refractivity contribution is 8.51. The Bertz CT molecular complexity index is 153. The topological polar surface area (TPSA) is 95.5 Å². The molecule has 0 spiro atoms. The third-order valence-corrected chi connectivity index (χ3v) is 3.00. The van der Waals surface area contributed by atoms with Crippen molar-refractivity contribution in [2.45, 2.75) is 0 Å². The molecule has 0 radical (unpaired) electrons. The lowest BCUT2D eigenvalue weighted by molar-refractivity contribution is -0.336. The average Bonchev–Trinajstić information content (AvgIpc) is 1.14. The molecule has 0 heterocycles. The van der Waals surface area contributed by atoms with E-state index in [1.165, 1.54) is 0 Å². The van der Waals surface area contributed by atoms with Crippen LogP contribution in [0.4, 0.5) is 0 Å². The minimum atomic E-state index is -5.26. The van der Waals surface area contributed by atoms with Crippen molar-refractivity contribution in [3.63, 3.8) is 0 Å². The van der Waals surface area contributed by atoms with Crippen LogP contribution in [0.3, 0.4) is 0 Å². The molecule has 0 aromatic heterocycles. The van der Waals surface area contributed by atoms with Crippen molar-refractivity contribution in [1.82, 2.24) is 0 Å². The van der Waals surface area contributed by atoms with Gasteiger partial charge in [-0.2, -0.15) is 0 Å². The fourth-order valence-corrected chi connectivity index (χ4v) is 2.57. The third kappa shape index (κ3) is 9.07. The van der Waals surface area contributed by atoms with Crippen molar-refractivity contribution in [2.75, 3.05) is 0 Å². The van der Waals surface area contributed by atoms with Crippen molar-refractivity contribution < 1.29 is 23.6 Å². The van der Waals surface area contributed by atoms with Crippen LogP contribution in [0.2, 0.25) is 0 Å². The summed E-state index contributed by atoms with van der Waals surface area (Å²) in [5.74, 6) is 0. The highest BCUT2D eigenvalue weighted by atomic mass is 32.9. The summed E-state index contributed by atoms with van der Waals surface area (Å²) in [7, 11) is -5.26. The molecule has 0 aromatic carbocycles. The van der Waals surface area contributed by atoms with Crippen LogP contribution in [0.5, 0.6) is 0 Å². The van der Waals surface area contributed by atoms with Crippen LogP contribution >= 0.6 is 13.5 Å². The summed E-state index contributed by atoms with van der Waals surface area (Å²) in [6, 6.07) is 0. The van der Waals surface area contributed by atoms with Crippen molar-refractivity contribution in [1.29, 1.82) is 0 Å². The lowest BCUT2D eigenvalue weighted by Gasteiger charge is -2.44. The first-order valence-corrected chi connectivity index (χ1v) is 6.57. The molecule has 0 bridgehead atoms. The van der Waals surface area contributed by atoms with Gasteiger partial charge in [-0.15, -0.1) is 17.5 Å². The van der Waals surface area contributed by atoms with Gasteiger partial charge in [0.15, 0.2) is 0 Å². The molecule has 1 atom stereocenters. The zero-order valence-corrected chi connectivity index (χ0v) is 7.17. The van der Waals surface area contributed by atoms with Crippen LogP contribution in [0, 0.1) is 0 Å². The van der Waals surface area contributed by atoms with E-state index in [0.717, 1.165) is 0 Å². The van der Waals surface area contributed by atoms with Crippen molar-refractivity contribution in [3.8, 4) is 0 Å². The van der Waals surface area contributed by atoms with Crippen LogP contribution in [-0.4, -0.2) is 0 Å². The SMILES string of the molecule is O=P([O-])([O-])OP([O-])(=S)[S-]. The normalized spacial score (nSPS) is 19.1. The van der Waals surface area contributed by atoms with Gasteiger partial charge in [0.2, 0.25) is 0 Å². The molecule has 0 saturated carbocycles. The molecule has 0 saturated heterocycles. The Kier molecular flexibility index (Phi) is 3.34. The summed E-state index contributed by atoms with van der Waals surface area (Å²) < 4.78 is 12.8. The molecule has 0 amide bonds. The van der Waals surface area contributed by atoms with Gasteiger partial charge in [0.1, 0.15) is 0 Å². The Morgan fingerprint density at radius 2 is 1.78 bits per heavy atom.